The van der Waals surface area contributed by atoms with Gasteiger partial charge in [0.15, 0.2) is 0 Å². The number of nitrogens with one attached hydrogen (secondary N) is 2. The number of halogens is 1. The molecule has 0 spiro atoms. The lowest BCUT2D eigenvalue weighted by Gasteiger charge is -2.11. The highest BCUT2D eigenvalue weighted by atomic mass is 35.5. The van der Waals surface area contributed by atoms with Gasteiger partial charge in [-0.1, -0.05) is 23.7 Å². The molecule has 0 atom stereocenters. The molecule has 1 aromatic heterocycles. The van der Waals surface area contributed by atoms with Gasteiger partial charge in [0.05, 0.1) is 16.3 Å². The number of carboxylic acid groups (broad SMARTS) is 1. The van der Waals surface area contributed by atoms with E-state index in [-0.39, 0.29) is 5.56 Å². The largest absolute Gasteiger partial charge is 0.478 e. The Morgan fingerprint density at radius 2 is 1.76 bits per heavy atom. The summed E-state index contributed by atoms with van der Waals surface area (Å²) in [5.74, 6) is 0.0403. The molecule has 25 heavy (non-hydrogen) atoms. The van der Waals surface area contributed by atoms with E-state index in [1.165, 1.54) is 12.1 Å². The number of hydrogen-bond acceptors (Lipinski definition) is 5. The molecule has 7 heteroatoms. The average Bonchev–Trinajstić information content (AvgIpc) is 2.57. The maximum Gasteiger partial charge on any atom is 0.335 e. The monoisotopic (exact) mass is 354 g/mol. The summed E-state index contributed by atoms with van der Waals surface area (Å²) in [5, 5.41) is 15.7. The molecule has 1 heterocycles. The SMILES string of the molecule is Cc1cc(Nc2ccc(C(=O)O)cc2)nc(Nc2ccccc2Cl)n1. The third-order valence-electron chi connectivity index (χ3n) is 3.38. The highest BCUT2D eigenvalue weighted by molar-refractivity contribution is 6.33. The van der Waals surface area contributed by atoms with Crippen molar-refractivity contribution in [1.29, 1.82) is 0 Å². The van der Waals surface area contributed by atoms with Crippen LogP contribution in [0, 0.1) is 6.92 Å². The lowest BCUT2D eigenvalue weighted by molar-refractivity contribution is 0.0697. The fraction of sp³-hybridized carbons (Fsp3) is 0.0556. The molecule has 0 unspecified atom stereocenters. The maximum atomic E-state index is 10.9. The van der Waals surface area contributed by atoms with Crippen LogP contribution in [0.4, 0.5) is 23.1 Å². The van der Waals surface area contributed by atoms with E-state index < -0.39 is 5.97 Å². The molecule has 0 aliphatic rings. The molecule has 3 rings (SSSR count). The predicted octanol–water partition coefficient (Wildman–Crippen LogP) is 4.62. The van der Waals surface area contributed by atoms with Crippen LogP contribution in [0.2, 0.25) is 5.02 Å². The number of anilines is 4. The number of para-hydroxylation sites is 1. The van der Waals surface area contributed by atoms with Crippen molar-refractivity contribution in [3.05, 3.63) is 70.9 Å². The van der Waals surface area contributed by atoms with Crippen molar-refractivity contribution in [3.63, 3.8) is 0 Å². The lowest BCUT2D eigenvalue weighted by Crippen LogP contribution is -2.03. The molecule has 3 aromatic rings. The molecule has 0 aliphatic carbocycles. The first-order valence-electron chi connectivity index (χ1n) is 7.49. The normalized spacial score (nSPS) is 10.3. The number of rotatable bonds is 5. The highest BCUT2D eigenvalue weighted by Crippen LogP contribution is 2.24. The number of benzene rings is 2. The van der Waals surface area contributed by atoms with Crippen LogP contribution >= 0.6 is 11.6 Å². The summed E-state index contributed by atoms with van der Waals surface area (Å²) in [7, 11) is 0. The van der Waals surface area contributed by atoms with Crippen LogP contribution in [-0.2, 0) is 0 Å². The van der Waals surface area contributed by atoms with E-state index >= 15 is 0 Å². The molecule has 6 nitrogen and oxygen atoms in total. The van der Waals surface area contributed by atoms with Gasteiger partial charge in [0, 0.05) is 17.4 Å². The van der Waals surface area contributed by atoms with Crippen molar-refractivity contribution in [2.75, 3.05) is 10.6 Å². The van der Waals surface area contributed by atoms with Gasteiger partial charge < -0.3 is 15.7 Å². The minimum Gasteiger partial charge on any atom is -0.478 e. The maximum absolute atomic E-state index is 10.9. The third kappa shape index (κ3) is 4.24. The summed E-state index contributed by atoms with van der Waals surface area (Å²) < 4.78 is 0. The Bertz CT molecular complexity index is 913. The Balaban J connectivity index is 1.81. The second-order valence-electron chi connectivity index (χ2n) is 5.33. The van der Waals surface area contributed by atoms with Crippen molar-refractivity contribution < 1.29 is 9.90 Å². The van der Waals surface area contributed by atoms with Crippen molar-refractivity contribution in [1.82, 2.24) is 9.97 Å². The fourth-order valence-corrected chi connectivity index (χ4v) is 2.40. The van der Waals surface area contributed by atoms with Crippen molar-refractivity contribution in [3.8, 4) is 0 Å². The van der Waals surface area contributed by atoms with Crippen LogP contribution in [0.15, 0.2) is 54.6 Å². The zero-order valence-corrected chi connectivity index (χ0v) is 14.1. The molecule has 0 amide bonds. The van der Waals surface area contributed by atoms with Gasteiger partial charge in [-0.15, -0.1) is 0 Å². The van der Waals surface area contributed by atoms with Gasteiger partial charge in [0.2, 0.25) is 5.95 Å². The molecule has 3 N–H and O–H groups in total. The van der Waals surface area contributed by atoms with Gasteiger partial charge in [-0.3, -0.25) is 0 Å². The molecule has 0 bridgehead atoms. The summed E-state index contributed by atoms with van der Waals surface area (Å²) in [6, 6.07) is 15.6. The quantitative estimate of drug-likeness (QED) is 0.619. The molecule has 0 saturated heterocycles. The number of aromatic nitrogens is 2. The molecule has 0 fully saturated rings. The van der Waals surface area contributed by atoms with E-state index in [0.717, 1.165) is 11.4 Å². The topological polar surface area (TPSA) is 87.1 Å². The molecular weight excluding hydrogens is 340 g/mol. The van der Waals surface area contributed by atoms with Crippen LogP contribution in [0.25, 0.3) is 0 Å². The number of aryl methyl sites for hydroxylation is 1. The molecule has 0 aliphatic heterocycles. The number of carboxylic acids is 1. The Morgan fingerprint density at radius 1 is 1.04 bits per heavy atom. The molecule has 2 aromatic carbocycles. The second kappa shape index (κ2) is 7.19. The van der Waals surface area contributed by atoms with Gasteiger partial charge in [-0.05, 0) is 43.3 Å². The number of hydrogen-bond donors (Lipinski definition) is 3. The summed E-state index contributed by atoms with van der Waals surface area (Å²) in [6.45, 7) is 1.86. The van der Waals surface area contributed by atoms with Crippen LogP contribution in [0.3, 0.4) is 0 Å². The number of carbonyl (C=O) groups is 1. The second-order valence-corrected chi connectivity index (χ2v) is 5.74. The van der Waals surface area contributed by atoms with Crippen LogP contribution in [0.1, 0.15) is 16.1 Å². The van der Waals surface area contributed by atoms with Gasteiger partial charge in [0.25, 0.3) is 0 Å². The first-order chi connectivity index (χ1) is 12.0. The van der Waals surface area contributed by atoms with E-state index in [1.807, 2.05) is 25.1 Å². The molecular formula is C18H15ClN4O2. The van der Waals surface area contributed by atoms with Gasteiger partial charge >= 0.3 is 5.97 Å². The van der Waals surface area contributed by atoms with E-state index in [4.69, 9.17) is 16.7 Å². The van der Waals surface area contributed by atoms with Crippen LogP contribution in [0.5, 0.6) is 0 Å². The smallest absolute Gasteiger partial charge is 0.335 e. The van der Waals surface area contributed by atoms with Gasteiger partial charge in [-0.2, -0.15) is 4.98 Å². The first-order valence-corrected chi connectivity index (χ1v) is 7.87. The number of nitrogens with zero attached hydrogens (tertiary/aromatic N) is 2. The number of aromatic carboxylic acids is 1. The summed E-state index contributed by atoms with van der Waals surface area (Å²) >= 11 is 6.14. The molecule has 0 saturated carbocycles. The molecule has 126 valence electrons. The van der Waals surface area contributed by atoms with E-state index in [9.17, 15) is 4.79 Å². The van der Waals surface area contributed by atoms with E-state index in [1.54, 1.807) is 24.3 Å². The lowest BCUT2D eigenvalue weighted by atomic mass is 10.2. The van der Waals surface area contributed by atoms with E-state index in [2.05, 4.69) is 20.6 Å². The third-order valence-corrected chi connectivity index (χ3v) is 3.71. The van der Waals surface area contributed by atoms with Crippen LogP contribution in [-0.4, -0.2) is 21.0 Å². The Morgan fingerprint density at radius 3 is 2.44 bits per heavy atom. The van der Waals surface area contributed by atoms with Crippen molar-refractivity contribution in [2.45, 2.75) is 6.92 Å². The standard InChI is InChI=1S/C18H15ClN4O2/c1-11-10-16(21-13-8-6-12(7-9-13)17(24)25)23-18(20-11)22-15-5-3-2-4-14(15)19/h2-10H,1H3,(H,24,25)(H2,20,21,22,23). The summed E-state index contributed by atoms with van der Waals surface area (Å²) in [5.41, 5.74) is 2.44. The minimum atomic E-state index is -0.962. The van der Waals surface area contributed by atoms with Gasteiger partial charge in [0.1, 0.15) is 5.82 Å². The summed E-state index contributed by atoms with van der Waals surface area (Å²) in [4.78, 5) is 19.7. The fourth-order valence-electron chi connectivity index (χ4n) is 2.22. The summed E-state index contributed by atoms with van der Waals surface area (Å²) in [6.07, 6.45) is 0. The average molecular weight is 355 g/mol. The first kappa shape index (κ1) is 16.7. The zero-order valence-electron chi connectivity index (χ0n) is 13.3. The molecule has 0 radical (unpaired) electrons. The van der Waals surface area contributed by atoms with E-state index in [0.29, 0.717) is 22.5 Å². The van der Waals surface area contributed by atoms with Crippen molar-refractivity contribution >= 4 is 40.7 Å². The minimum absolute atomic E-state index is 0.227. The van der Waals surface area contributed by atoms with Crippen LogP contribution < -0.4 is 10.6 Å². The Labute approximate surface area is 149 Å². The zero-order chi connectivity index (χ0) is 17.8. The Kier molecular flexibility index (Phi) is 4.81. The predicted molar refractivity (Wildman–Crippen MR) is 98.2 cm³/mol. The van der Waals surface area contributed by atoms with Crippen molar-refractivity contribution in [2.24, 2.45) is 0 Å². The van der Waals surface area contributed by atoms with Gasteiger partial charge in [-0.25, -0.2) is 9.78 Å². The Hall–Kier alpha value is -3.12. The highest BCUT2D eigenvalue weighted by Gasteiger charge is 2.06.